The minimum atomic E-state index is 0.507. The molecule has 1 heterocycles. The smallest absolute Gasteiger partial charge is 0.00173 e. The summed E-state index contributed by atoms with van der Waals surface area (Å²) in [6.45, 7) is 5.86. The number of rotatable bonds is 2. The van der Waals surface area contributed by atoms with Crippen LogP contribution in [0.2, 0.25) is 0 Å². The second-order valence-electron chi connectivity index (χ2n) is 3.62. The number of hydrogen-bond acceptors (Lipinski definition) is 2. The van der Waals surface area contributed by atoms with E-state index in [1.807, 2.05) is 7.05 Å². The van der Waals surface area contributed by atoms with Crippen LogP contribution >= 0.6 is 0 Å². The first-order chi connectivity index (χ1) is 4.77. The fourth-order valence-corrected chi connectivity index (χ4v) is 1.70. The van der Waals surface area contributed by atoms with Gasteiger partial charge in [0.05, 0.1) is 0 Å². The normalized spacial score (nSPS) is 34.2. The Morgan fingerprint density at radius 1 is 1.60 bits per heavy atom. The molecule has 1 fully saturated rings. The lowest BCUT2D eigenvalue weighted by Crippen LogP contribution is -2.43. The molecule has 2 heteroatoms. The molecule has 0 saturated carbocycles. The highest BCUT2D eigenvalue weighted by Crippen LogP contribution is 2.23. The molecule has 0 aromatic rings. The van der Waals surface area contributed by atoms with E-state index in [4.69, 9.17) is 0 Å². The second kappa shape index (κ2) is 3.35. The molecule has 1 unspecified atom stereocenters. The molecule has 1 atom stereocenters. The molecule has 0 spiro atoms. The third-order valence-electron chi connectivity index (χ3n) is 2.29. The summed E-state index contributed by atoms with van der Waals surface area (Å²) in [6.07, 6.45) is 2.69. The average molecular weight is 142 g/mol. The van der Waals surface area contributed by atoms with Crippen molar-refractivity contribution in [1.29, 1.82) is 0 Å². The highest BCUT2D eigenvalue weighted by Gasteiger charge is 2.25. The van der Waals surface area contributed by atoms with Crippen molar-refractivity contribution in [2.24, 2.45) is 5.41 Å². The Balaban J connectivity index is 2.32. The summed E-state index contributed by atoms with van der Waals surface area (Å²) in [6, 6.07) is 0. The summed E-state index contributed by atoms with van der Waals surface area (Å²) in [7, 11) is 2.03. The molecule has 2 N–H and O–H groups in total. The molecule has 1 aliphatic rings. The zero-order valence-electron chi connectivity index (χ0n) is 7.04. The van der Waals surface area contributed by atoms with Gasteiger partial charge in [0.15, 0.2) is 0 Å². The quantitative estimate of drug-likeness (QED) is 0.590. The predicted molar refractivity (Wildman–Crippen MR) is 44.1 cm³/mol. The fraction of sp³-hybridized carbons (Fsp3) is 1.00. The molecule has 0 radical (unpaired) electrons. The van der Waals surface area contributed by atoms with Crippen LogP contribution in [-0.4, -0.2) is 26.7 Å². The third kappa shape index (κ3) is 1.96. The van der Waals surface area contributed by atoms with E-state index in [-0.39, 0.29) is 0 Å². The SMILES string of the molecule is CNCC1(C)CCCNC1. The van der Waals surface area contributed by atoms with Crippen LogP contribution in [0.15, 0.2) is 0 Å². The van der Waals surface area contributed by atoms with E-state index >= 15 is 0 Å². The molecule has 1 saturated heterocycles. The molecule has 0 bridgehead atoms. The number of nitrogens with one attached hydrogen (secondary N) is 2. The van der Waals surface area contributed by atoms with E-state index in [0.29, 0.717) is 5.41 Å². The van der Waals surface area contributed by atoms with E-state index in [1.54, 1.807) is 0 Å². The van der Waals surface area contributed by atoms with E-state index in [1.165, 1.54) is 25.9 Å². The maximum Gasteiger partial charge on any atom is 0.00173 e. The Labute approximate surface area is 63.4 Å². The molecular weight excluding hydrogens is 124 g/mol. The molecule has 0 aromatic heterocycles. The third-order valence-corrected chi connectivity index (χ3v) is 2.29. The van der Waals surface area contributed by atoms with E-state index < -0.39 is 0 Å². The van der Waals surface area contributed by atoms with E-state index in [2.05, 4.69) is 17.6 Å². The Kier molecular flexibility index (Phi) is 2.69. The van der Waals surface area contributed by atoms with Crippen molar-refractivity contribution in [2.45, 2.75) is 19.8 Å². The minimum Gasteiger partial charge on any atom is -0.319 e. The summed E-state index contributed by atoms with van der Waals surface area (Å²) in [5, 5.41) is 6.66. The molecule has 0 amide bonds. The zero-order chi connectivity index (χ0) is 7.45. The van der Waals surface area contributed by atoms with Crippen LogP contribution in [0.5, 0.6) is 0 Å². The largest absolute Gasteiger partial charge is 0.319 e. The molecule has 10 heavy (non-hydrogen) atoms. The van der Waals surface area contributed by atoms with Gasteiger partial charge in [-0.15, -0.1) is 0 Å². The fourth-order valence-electron chi connectivity index (χ4n) is 1.70. The summed E-state index contributed by atoms with van der Waals surface area (Å²) < 4.78 is 0. The van der Waals surface area contributed by atoms with E-state index in [0.717, 1.165) is 6.54 Å². The van der Waals surface area contributed by atoms with Gasteiger partial charge >= 0.3 is 0 Å². The van der Waals surface area contributed by atoms with Gasteiger partial charge in [-0.2, -0.15) is 0 Å². The molecule has 2 nitrogen and oxygen atoms in total. The summed E-state index contributed by atoms with van der Waals surface area (Å²) >= 11 is 0. The van der Waals surface area contributed by atoms with Crippen molar-refractivity contribution in [3.05, 3.63) is 0 Å². The number of piperidine rings is 1. The van der Waals surface area contributed by atoms with Crippen molar-refractivity contribution < 1.29 is 0 Å². The summed E-state index contributed by atoms with van der Waals surface area (Å²) in [5.41, 5.74) is 0.507. The van der Waals surface area contributed by atoms with Crippen LogP contribution in [0, 0.1) is 5.41 Å². The van der Waals surface area contributed by atoms with Gasteiger partial charge in [-0.1, -0.05) is 6.92 Å². The Hall–Kier alpha value is -0.0800. The molecule has 1 aliphatic heterocycles. The molecule has 60 valence electrons. The first kappa shape index (κ1) is 8.02. The van der Waals surface area contributed by atoms with Gasteiger partial charge in [-0.25, -0.2) is 0 Å². The van der Waals surface area contributed by atoms with Crippen LogP contribution < -0.4 is 10.6 Å². The molecular formula is C8H18N2. The van der Waals surface area contributed by atoms with Crippen molar-refractivity contribution in [3.63, 3.8) is 0 Å². The maximum atomic E-state index is 3.42. The topological polar surface area (TPSA) is 24.1 Å². The minimum absolute atomic E-state index is 0.507. The maximum absolute atomic E-state index is 3.42. The lowest BCUT2D eigenvalue weighted by atomic mass is 9.83. The predicted octanol–water partition coefficient (Wildman–Crippen LogP) is 0.595. The van der Waals surface area contributed by atoms with Gasteiger partial charge < -0.3 is 10.6 Å². The lowest BCUT2D eigenvalue weighted by molar-refractivity contribution is 0.232. The summed E-state index contributed by atoms with van der Waals surface area (Å²) in [4.78, 5) is 0. The first-order valence-electron chi connectivity index (χ1n) is 4.12. The van der Waals surface area contributed by atoms with Gasteiger partial charge in [0, 0.05) is 13.1 Å². The first-order valence-corrected chi connectivity index (χ1v) is 4.12. The number of hydrogen-bond donors (Lipinski definition) is 2. The van der Waals surface area contributed by atoms with Gasteiger partial charge in [0.25, 0.3) is 0 Å². The highest BCUT2D eigenvalue weighted by atomic mass is 14.9. The monoisotopic (exact) mass is 142 g/mol. The van der Waals surface area contributed by atoms with Crippen LogP contribution in [0.3, 0.4) is 0 Å². The highest BCUT2D eigenvalue weighted by molar-refractivity contribution is 4.82. The van der Waals surface area contributed by atoms with Gasteiger partial charge in [0.2, 0.25) is 0 Å². The van der Waals surface area contributed by atoms with Crippen LogP contribution in [0.4, 0.5) is 0 Å². The second-order valence-corrected chi connectivity index (χ2v) is 3.62. The average Bonchev–Trinajstić information content (AvgIpc) is 1.89. The van der Waals surface area contributed by atoms with Crippen molar-refractivity contribution in [1.82, 2.24) is 10.6 Å². The standard InChI is InChI=1S/C8H18N2/c1-8(6-9-2)4-3-5-10-7-8/h9-10H,3-7H2,1-2H3. The van der Waals surface area contributed by atoms with Crippen molar-refractivity contribution >= 4 is 0 Å². The molecule has 0 aliphatic carbocycles. The van der Waals surface area contributed by atoms with Crippen molar-refractivity contribution in [3.8, 4) is 0 Å². The van der Waals surface area contributed by atoms with Crippen LogP contribution in [-0.2, 0) is 0 Å². The van der Waals surface area contributed by atoms with E-state index in [9.17, 15) is 0 Å². The molecule has 0 aromatic carbocycles. The van der Waals surface area contributed by atoms with Gasteiger partial charge in [0.1, 0.15) is 0 Å². The summed E-state index contributed by atoms with van der Waals surface area (Å²) in [5.74, 6) is 0. The lowest BCUT2D eigenvalue weighted by Gasteiger charge is -2.33. The van der Waals surface area contributed by atoms with Crippen molar-refractivity contribution in [2.75, 3.05) is 26.7 Å². The Bertz CT molecular complexity index is 89.9. The molecule has 1 rings (SSSR count). The van der Waals surface area contributed by atoms with Crippen LogP contribution in [0.1, 0.15) is 19.8 Å². The Morgan fingerprint density at radius 2 is 2.40 bits per heavy atom. The Morgan fingerprint density at radius 3 is 2.90 bits per heavy atom. The zero-order valence-corrected chi connectivity index (χ0v) is 7.04. The van der Waals surface area contributed by atoms with Gasteiger partial charge in [-0.05, 0) is 31.8 Å². The van der Waals surface area contributed by atoms with Crippen LogP contribution in [0.25, 0.3) is 0 Å². The van der Waals surface area contributed by atoms with Gasteiger partial charge in [-0.3, -0.25) is 0 Å².